The first kappa shape index (κ1) is 18.6. The van der Waals surface area contributed by atoms with Gasteiger partial charge in [-0.2, -0.15) is 4.98 Å². The maximum atomic E-state index is 10.3. The second-order valence-corrected chi connectivity index (χ2v) is 6.95. The molecule has 0 spiro atoms. The fraction of sp³-hybridized carbons (Fsp3) is 0.278. The summed E-state index contributed by atoms with van der Waals surface area (Å²) in [6.07, 6.45) is 0.833. The van der Waals surface area contributed by atoms with Crippen LogP contribution >= 0.6 is 23.2 Å². The number of nitrogens with one attached hydrogen (secondary N) is 1. The number of halogens is 2. The Morgan fingerprint density at radius 2 is 2.00 bits per heavy atom. The van der Waals surface area contributed by atoms with Gasteiger partial charge in [-0.1, -0.05) is 48.3 Å². The Morgan fingerprint density at radius 3 is 2.69 bits per heavy atom. The van der Waals surface area contributed by atoms with Crippen molar-refractivity contribution in [3.8, 4) is 11.5 Å². The molecular formula is C18H18Cl2N4O2. The highest BCUT2D eigenvalue weighted by atomic mass is 35.5. The third-order valence-corrected chi connectivity index (χ3v) is 4.33. The molecule has 0 fully saturated rings. The van der Waals surface area contributed by atoms with Gasteiger partial charge in [0.15, 0.2) is 5.82 Å². The molecule has 8 heteroatoms. The van der Waals surface area contributed by atoms with Crippen molar-refractivity contribution in [1.29, 1.82) is 0 Å². The maximum absolute atomic E-state index is 10.3. The van der Waals surface area contributed by atoms with Crippen molar-refractivity contribution in [2.24, 2.45) is 0 Å². The van der Waals surface area contributed by atoms with Gasteiger partial charge in [0.1, 0.15) is 5.82 Å². The van der Waals surface area contributed by atoms with Gasteiger partial charge < -0.3 is 14.9 Å². The van der Waals surface area contributed by atoms with E-state index in [9.17, 15) is 5.11 Å². The van der Waals surface area contributed by atoms with Crippen molar-refractivity contribution >= 4 is 29.0 Å². The number of benzene rings is 1. The predicted octanol–water partition coefficient (Wildman–Crippen LogP) is 4.71. The molecule has 1 atom stereocenters. The fourth-order valence-electron chi connectivity index (χ4n) is 2.33. The number of aromatic nitrogens is 3. The van der Waals surface area contributed by atoms with Gasteiger partial charge in [0, 0.05) is 39.8 Å². The second kappa shape index (κ2) is 8.03. The Balaban J connectivity index is 1.70. The third-order valence-electron chi connectivity index (χ3n) is 3.76. The molecule has 3 rings (SSSR count). The monoisotopic (exact) mass is 392 g/mol. The van der Waals surface area contributed by atoms with E-state index in [1.165, 1.54) is 0 Å². The van der Waals surface area contributed by atoms with E-state index >= 15 is 0 Å². The molecule has 2 aromatic heterocycles. The fourth-order valence-corrected chi connectivity index (χ4v) is 2.86. The molecule has 3 aromatic rings. The van der Waals surface area contributed by atoms with Crippen LogP contribution in [0.2, 0.25) is 10.0 Å². The second-order valence-electron chi connectivity index (χ2n) is 6.10. The number of hydrogen-bond acceptors (Lipinski definition) is 6. The van der Waals surface area contributed by atoms with Gasteiger partial charge in [0.25, 0.3) is 5.89 Å². The molecular weight excluding hydrogens is 375 g/mol. The Morgan fingerprint density at radius 1 is 1.19 bits per heavy atom. The smallest absolute Gasteiger partial charge is 0.258 e. The number of rotatable bonds is 6. The lowest BCUT2D eigenvalue weighted by Crippen LogP contribution is -2.13. The Labute approximate surface area is 161 Å². The summed E-state index contributed by atoms with van der Waals surface area (Å²) in [4.78, 5) is 8.61. The number of hydrogen-bond donors (Lipinski definition) is 2. The van der Waals surface area contributed by atoms with Crippen LogP contribution in [0.15, 0.2) is 41.1 Å². The summed E-state index contributed by atoms with van der Waals surface area (Å²) < 4.78 is 5.29. The largest absolute Gasteiger partial charge is 0.387 e. The standard InChI is InChI=1S/C18H18Cl2N4O2/c1-10(2)17-23-18(26-24-17)11-5-6-21-16(7-11)22-9-15(25)13-4-3-12(19)8-14(13)20/h3-8,10,15,25H,9H2,1-2H3,(H,21,22). The van der Waals surface area contributed by atoms with Gasteiger partial charge in [-0.25, -0.2) is 4.98 Å². The van der Waals surface area contributed by atoms with Gasteiger partial charge in [0.2, 0.25) is 0 Å². The molecule has 1 unspecified atom stereocenters. The van der Waals surface area contributed by atoms with Crippen molar-refractivity contribution in [3.63, 3.8) is 0 Å². The van der Waals surface area contributed by atoms with Crippen LogP contribution in [0.5, 0.6) is 0 Å². The maximum Gasteiger partial charge on any atom is 0.258 e. The summed E-state index contributed by atoms with van der Waals surface area (Å²) >= 11 is 12.0. The number of pyridine rings is 1. The SMILES string of the molecule is CC(C)c1noc(-c2ccnc(NCC(O)c3ccc(Cl)cc3Cl)c2)n1. The van der Waals surface area contributed by atoms with Gasteiger partial charge in [-0.15, -0.1) is 0 Å². The van der Waals surface area contributed by atoms with Crippen LogP contribution in [0.1, 0.15) is 37.3 Å². The molecule has 136 valence electrons. The summed E-state index contributed by atoms with van der Waals surface area (Å²) in [5.41, 5.74) is 1.35. The molecule has 0 aliphatic rings. The van der Waals surface area contributed by atoms with E-state index in [4.69, 9.17) is 27.7 Å². The normalized spacial score (nSPS) is 12.4. The van der Waals surface area contributed by atoms with Gasteiger partial charge in [0.05, 0.1) is 6.10 Å². The molecule has 0 aliphatic carbocycles. The summed E-state index contributed by atoms with van der Waals surface area (Å²) in [5.74, 6) is 1.85. The highest BCUT2D eigenvalue weighted by Gasteiger charge is 2.14. The molecule has 26 heavy (non-hydrogen) atoms. The van der Waals surface area contributed by atoms with E-state index in [1.54, 1.807) is 36.5 Å². The van der Waals surface area contributed by atoms with Crippen LogP contribution in [-0.4, -0.2) is 26.8 Å². The topological polar surface area (TPSA) is 84.1 Å². The van der Waals surface area contributed by atoms with Crippen LogP contribution in [0.4, 0.5) is 5.82 Å². The molecule has 0 aliphatic heterocycles. The zero-order valence-electron chi connectivity index (χ0n) is 14.3. The van der Waals surface area contributed by atoms with Crippen molar-refractivity contribution in [2.75, 3.05) is 11.9 Å². The molecule has 0 radical (unpaired) electrons. The first-order valence-corrected chi connectivity index (χ1v) is 8.86. The molecule has 0 saturated heterocycles. The number of nitrogens with zero attached hydrogens (tertiary/aromatic N) is 3. The van der Waals surface area contributed by atoms with Gasteiger partial charge >= 0.3 is 0 Å². The first-order chi connectivity index (χ1) is 12.4. The highest BCUT2D eigenvalue weighted by molar-refractivity contribution is 6.35. The lowest BCUT2D eigenvalue weighted by molar-refractivity contribution is 0.191. The Hall–Kier alpha value is -2.15. The van der Waals surface area contributed by atoms with Crippen molar-refractivity contribution in [1.82, 2.24) is 15.1 Å². The number of aliphatic hydroxyl groups excluding tert-OH is 1. The molecule has 2 heterocycles. The van der Waals surface area contributed by atoms with E-state index in [2.05, 4.69) is 20.4 Å². The van der Waals surface area contributed by atoms with E-state index in [1.807, 2.05) is 13.8 Å². The first-order valence-electron chi connectivity index (χ1n) is 8.11. The van der Waals surface area contributed by atoms with Gasteiger partial charge in [-0.05, 0) is 24.3 Å². The van der Waals surface area contributed by atoms with E-state index in [0.717, 1.165) is 5.56 Å². The van der Waals surface area contributed by atoms with Crippen LogP contribution in [0.25, 0.3) is 11.5 Å². The summed E-state index contributed by atoms with van der Waals surface area (Å²) in [6.45, 7) is 4.23. The lowest BCUT2D eigenvalue weighted by Gasteiger charge is -2.14. The molecule has 1 aromatic carbocycles. The van der Waals surface area contributed by atoms with Crippen molar-refractivity contribution in [2.45, 2.75) is 25.9 Å². The number of aliphatic hydroxyl groups is 1. The molecule has 0 saturated carbocycles. The summed E-state index contributed by atoms with van der Waals surface area (Å²) in [7, 11) is 0. The van der Waals surface area contributed by atoms with Crippen molar-refractivity contribution < 1.29 is 9.63 Å². The summed E-state index contributed by atoms with van der Waals surface area (Å²) in [6, 6.07) is 8.56. The van der Waals surface area contributed by atoms with E-state index in [0.29, 0.717) is 33.1 Å². The predicted molar refractivity (Wildman–Crippen MR) is 102 cm³/mol. The minimum atomic E-state index is -0.804. The van der Waals surface area contributed by atoms with Crippen LogP contribution in [0, 0.1) is 0 Å². The highest BCUT2D eigenvalue weighted by Crippen LogP contribution is 2.27. The summed E-state index contributed by atoms with van der Waals surface area (Å²) in [5, 5.41) is 18.3. The molecule has 0 bridgehead atoms. The average molecular weight is 393 g/mol. The average Bonchev–Trinajstić information content (AvgIpc) is 3.10. The van der Waals surface area contributed by atoms with Gasteiger partial charge in [-0.3, -0.25) is 0 Å². The molecule has 6 nitrogen and oxygen atoms in total. The minimum Gasteiger partial charge on any atom is -0.387 e. The van der Waals surface area contributed by atoms with Crippen molar-refractivity contribution in [3.05, 3.63) is 58.0 Å². The number of anilines is 1. The van der Waals surface area contributed by atoms with Crippen LogP contribution in [0.3, 0.4) is 0 Å². The molecule has 2 N–H and O–H groups in total. The van der Waals surface area contributed by atoms with Crippen LogP contribution in [-0.2, 0) is 0 Å². The Bertz CT molecular complexity index is 898. The van der Waals surface area contributed by atoms with Crippen LogP contribution < -0.4 is 5.32 Å². The quantitative estimate of drug-likeness (QED) is 0.631. The van der Waals surface area contributed by atoms with E-state index in [-0.39, 0.29) is 12.5 Å². The zero-order valence-corrected chi connectivity index (χ0v) is 15.8. The minimum absolute atomic E-state index is 0.186. The lowest BCUT2D eigenvalue weighted by atomic mass is 10.1. The zero-order chi connectivity index (χ0) is 18.7. The third kappa shape index (κ3) is 4.33. The Kier molecular flexibility index (Phi) is 5.76. The molecule has 0 amide bonds. The van der Waals surface area contributed by atoms with E-state index < -0.39 is 6.10 Å².